The maximum absolute atomic E-state index is 15.4. The van der Waals surface area contributed by atoms with Gasteiger partial charge in [-0.1, -0.05) is 136 Å². The Morgan fingerprint density at radius 1 is 0.573 bits per heavy atom. The summed E-state index contributed by atoms with van der Waals surface area (Å²) in [4.78, 5) is 118. The van der Waals surface area contributed by atoms with Gasteiger partial charge in [-0.05, 0) is 152 Å². The van der Waals surface area contributed by atoms with E-state index in [1.165, 1.54) is 16.0 Å². The van der Waals surface area contributed by atoms with E-state index in [-0.39, 0.29) is 74.2 Å². The fourth-order valence-corrected chi connectivity index (χ4v) is 12.7. The van der Waals surface area contributed by atoms with Crippen LogP contribution in [0.2, 0.25) is 0 Å². The number of rotatable bonds is 20. The summed E-state index contributed by atoms with van der Waals surface area (Å²) < 4.78 is 6.39. The van der Waals surface area contributed by atoms with Crippen LogP contribution in [0, 0.1) is 16.2 Å². The van der Waals surface area contributed by atoms with E-state index in [9.17, 15) is 33.6 Å². The minimum atomic E-state index is -1.09. The van der Waals surface area contributed by atoms with Crippen LogP contribution in [0.1, 0.15) is 177 Å². The summed E-state index contributed by atoms with van der Waals surface area (Å²) in [5, 5.41) is 24.6. The highest BCUT2D eigenvalue weighted by Crippen LogP contribution is 2.36. The molecule has 10 atom stereocenters. The van der Waals surface area contributed by atoms with Crippen LogP contribution in [-0.4, -0.2) is 126 Å². The van der Waals surface area contributed by atoms with Gasteiger partial charge in [0.2, 0.25) is 41.4 Å². The van der Waals surface area contributed by atoms with Gasteiger partial charge in [-0.3, -0.25) is 38.4 Å². The monoisotopic (exact) mass is 1220 g/mol. The Balaban J connectivity index is 0.978. The normalized spacial score (nSPS) is 20.8. The number of hydrogen-bond donors (Lipinski definition) is 8. The van der Waals surface area contributed by atoms with Crippen molar-refractivity contribution in [2.45, 2.75) is 208 Å². The van der Waals surface area contributed by atoms with E-state index in [0.717, 1.165) is 66.3 Å². The minimum absolute atomic E-state index is 0.0493. The van der Waals surface area contributed by atoms with Crippen LogP contribution in [0.4, 0.5) is 0 Å². The highest BCUT2D eigenvalue weighted by molar-refractivity contribution is 5.98. The van der Waals surface area contributed by atoms with Crippen molar-refractivity contribution in [2.75, 3.05) is 20.1 Å². The van der Waals surface area contributed by atoms with Crippen LogP contribution < -0.4 is 47.3 Å². The van der Waals surface area contributed by atoms with Crippen molar-refractivity contribution in [2.24, 2.45) is 16.2 Å². The quantitative estimate of drug-likeness (QED) is 0.0457. The van der Waals surface area contributed by atoms with Gasteiger partial charge >= 0.3 is 0 Å². The Kier molecular flexibility index (Phi) is 21.5. The predicted octanol–water partition coefficient (Wildman–Crippen LogP) is 6.80. The Hall–Kier alpha value is -7.64. The maximum Gasteiger partial charge on any atom is 0.251 e. The average Bonchev–Trinajstić information content (AvgIpc) is 1.75. The molecule has 19 heteroatoms. The van der Waals surface area contributed by atoms with Gasteiger partial charge in [0.25, 0.3) is 5.91 Å². The molecule has 0 radical (unpaired) electrons. The fourth-order valence-electron chi connectivity index (χ4n) is 12.7. The number of ether oxygens (including phenoxy) is 1. The number of nitrogens with one attached hydrogen (secondary N) is 8. The number of likely N-dealkylation sites (N-methyl/N-ethyl adjacent to an activating group) is 2. The van der Waals surface area contributed by atoms with Crippen LogP contribution in [0.3, 0.4) is 0 Å². The summed E-state index contributed by atoms with van der Waals surface area (Å²) in [6, 6.07) is 21.8. The number of benzene rings is 4. The topological polar surface area (TPSA) is 249 Å². The lowest BCUT2D eigenvalue weighted by molar-refractivity contribution is -0.148. The van der Waals surface area contributed by atoms with Crippen LogP contribution in [0.25, 0.3) is 0 Å². The molecule has 480 valence electrons. The van der Waals surface area contributed by atoms with Gasteiger partial charge in [0.05, 0.1) is 24.2 Å². The first kappa shape index (κ1) is 67.3. The fraction of sp³-hybridized carbons (Fsp3) is 0.543. The van der Waals surface area contributed by atoms with E-state index in [0.29, 0.717) is 17.9 Å². The molecule has 2 aliphatic carbocycles. The number of hydrogen-bond acceptors (Lipinski definition) is 11. The molecule has 89 heavy (non-hydrogen) atoms. The van der Waals surface area contributed by atoms with Gasteiger partial charge in [-0.2, -0.15) is 0 Å². The molecule has 1 fully saturated rings. The van der Waals surface area contributed by atoms with Crippen molar-refractivity contribution in [1.29, 1.82) is 0 Å². The lowest BCUT2D eigenvalue weighted by atomic mass is 9.82. The Labute approximate surface area is 526 Å². The third-order valence-electron chi connectivity index (χ3n) is 18.1. The molecule has 0 spiro atoms. The van der Waals surface area contributed by atoms with E-state index in [4.69, 9.17) is 4.74 Å². The van der Waals surface area contributed by atoms with Gasteiger partial charge in [-0.25, -0.2) is 0 Å². The summed E-state index contributed by atoms with van der Waals surface area (Å²) in [6.45, 7) is 22.9. The first-order chi connectivity index (χ1) is 42.1. The zero-order valence-electron chi connectivity index (χ0n) is 54.5. The third kappa shape index (κ3) is 16.4. The van der Waals surface area contributed by atoms with Gasteiger partial charge < -0.3 is 57.1 Å². The lowest BCUT2D eigenvalue weighted by Gasteiger charge is -2.42. The number of amides is 8. The Bertz CT molecular complexity index is 3240. The van der Waals surface area contributed by atoms with Gasteiger partial charge in [0.1, 0.15) is 42.6 Å². The second kappa shape index (κ2) is 28.5. The summed E-state index contributed by atoms with van der Waals surface area (Å²) >= 11 is 0. The maximum atomic E-state index is 15.4. The standard InChI is InChI=1S/C70H96N10O9/c1-14-72-42(3)61(82)76-57(68(4,5)6)65(86)78-59(70(10,11)12)66(87)79-38-48-35-50(34-33-47(48)36-55(79)63(84)74-53-27-19-23-44-21-15-17-25-51(44)53)89-40-43-29-31-46(32-30-43)62(83)73-49-37-56(64(85)75-54-28-20-24-45-22-16-18-26-52(45)54)80(39-49)67(88)58(69(7,8)9)77-60(81)41(2)71-13/h15-18,21-22,25-26,29-35,41-42,49,53-59,71-72H,14,19-20,23-24,27-28,36-40H2,1-13H3,(H,73,83)(H,74,84)(H,75,85)(H,76,82)(H,77,81)(H,78,86)/t41-,42-,49-,53+,54+,55-,56-,57+,58+,59+/m0/s1. The number of fused-ring (bicyclic) bond motifs is 3. The van der Waals surface area contributed by atoms with Crippen molar-refractivity contribution in [3.8, 4) is 5.75 Å². The molecule has 0 bridgehead atoms. The van der Waals surface area contributed by atoms with E-state index in [1.54, 1.807) is 50.1 Å². The lowest BCUT2D eigenvalue weighted by Crippen LogP contribution is -2.64. The van der Waals surface area contributed by atoms with E-state index in [1.807, 2.05) is 124 Å². The Morgan fingerprint density at radius 3 is 1.64 bits per heavy atom. The summed E-state index contributed by atoms with van der Waals surface area (Å²) in [5.74, 6) is -2.51. The molecular weight excluding hydrogens is 1120 g/mol. The average molecular weight is 1220 g/mol. The minimum Gasteiger partial charge on any atom is -0.489 e. The van der Waals surface area contributed by atoms with Crippen molar-refractivity contribution in [3.63, 3.8) is 0 Å². The second-order valence-corrected chi connectivity index (χ2v) is 28.0. The largest absolute Gasteiger partial charge is 0.489 e. The van der Waals surface area contributed by atoms with Crippen LogP contribution in [-0.2, 0) is 66.0 Å². The smallest absolute Gasteiger partial charge is 0.251 e. The van der Waals surface area contributed by atoms with E-state index in [2.05, 4.69) is 54.7 Å². The highest BCUT2D eigenvalue weighted by atomic mass is 16.5. The molecule has 1 saturated heterocycles. The molecule has 8 N–H and O–H groups in total. The molecule has 8 amide bonds. The van der Waals surface area contributed by atoms with Gasteiger partial charge in [0, 0.05) is 31.1 Å². The first-order valence-corrected chi connectivity index (χ1v) is 31.9. The number of carbonyl (C=O) groups excluding carboxylic acids is 8. The van der Waals surface area contributed by atoms with Crippen LogP contribution in [0.5, 0.6) is 5.75 Å². The van der Waals surface area contributed by atoms with Crippen LogP contribution >= 0.6 is 0 Å². The Morgan fingerprint density at radius 2 is 1.09 bits per heavy atom. The molecule has 2 aliphatic heterocycles. The van der Waals surface area contributed by atoms with Crippen molar-refractivity contribution >= 4 is 47.3 Å². The summed E-state index contributed by atoms with van der Waals surface area (Å²) in [7, 11) is 1.67. The molecular formula is C70H96N10O9. The molecule has 4 aromatic carbocycles. The molecule has 19 nitrogen and oxygen atoms in total. The summed E-state index contributed by atoms with van der Waals surface area (Å²) in [6.07, 6.45) is 5.53. The van der Waals surface area contributed by atoms with Crippen molar-refractivity contribution < 1.29 is 43.1 Å². The van der Waals surface area contributed by atoms with E-state index < -0.39 is 82.3 Å². The molecule has 0 saturated carbocycles. The van der Waals surface area contributed by atoms with Crippen molar-refractivity contribution in [1.82, 2.24) is 52.3 Å². The molecule has 4 aliphatic rings. The zero-order chi connectivity index (χ0) is 64.7. The number of aryl methyl sites for hydroxylation is 2. The highest BCUT2D eigenvalue weighted by Gasteiger charge is 2.48. The molecule has 2 heterocycles. The van der Waals surface area contributed by atoms with Gasteiger partial charge in [0.15, 0.2) is 0 Å². The van der Waals surface area contributed by atoms with E-state index >= 15 is 4.79 Å². The number of nitrogens with zero attached hydrogens (tertiary/aromatic N) is 2. The van der Waals surface area contributed by atoms with Gasteiger partial charge in [-0.15, -0.1) is 0 Å². The third-order valence-corrected chi connectivity index (χ3v) is 18.1. The van der Waals surface area contributed by atoms with Crippen molar-refractivity contribution in [3.05, 3.63) is 136 Å². The molecule has 0 unspecified atom stereocenters. The number of likely N-dealkylation sites (tertiary alicyclic amines) is 1. The molecule has 0 aromatic heterocycles. The zero-order valence-corrected chi connectivity index (χ0v) is 54.5. The predicted molar refractivity (Wildman–Crippen MR) is 343 cm³/mol. The summed E-state index contributed by atoms with van der Waals surface area (Å²) in [5.41, 5.74) is 5.01. The SMILES string of the molecule is CCN[C@@H](C)C(=O)N[C@H](C(=O)N[C@H](C(=O)N1Cc2cc(OCc3ccc(C(=O)N[C@H]4C[C@@H](C(=O)N[C@@H]5CCCc6ccccc65)N(C(=O)[C@@H](NC(=O)[C@H](C)NC)C(C)(C)C)C4)cc3)ccc2C[C@H]1C(=O)N[C@@H]1CCCc2ccccc21)C(C)(C)C)C(C)(C)C. The molecule has 4 aromatic rings. The first-order valence-electron chi connectivity index (χ1n) is 31.9. The van der Waals surface area contributed by atoms with Crippen LogP contribution in [0.15, 0.2) is 91.0 Å². The second-order valence-electron chi connectivity index (χ2n) is 28.0. The molecule has 8 rings (SSSR count). The number of carbonyl (C=O) groups is 8.